The number of carbonyl (C=O) groups excluding carboxylic acids is 1. The number of hydrogen-bond acceptors (Lipinski definition) is 7. The Labute approximate surface area is 194 Å². The van der Waals surface area contributed by atoms with Gasteiger partial charge in [-0.3, -0.25) is 14.9 Å². The Balaban J connectivity index is 3.70. The Bertz CT molecular complexity index is 858. The normalized spacial score (nSPS) is 11.6. The Morgan fingerprint density at radius 1 is 1.07 bits per heavy atom. The molecule has 0 aromatic heterocycles. The van der Waals surface area contributed by atoms with E-state index in [1.807, 2.05) is 19.0 Å². The van der Waals surface area contributed by atoms with Crippen molar-refractivity contribution >= 4 is 59.0 Å². The summed E-state index contributed by atoms with van der Waals surface area (Å²) >= 11 is 6.71. The first-order valence-corrected chi connectivity index (χ1v) is 13.2. The van der Waals surface area contributed by atoms with E-state index in [1.54, 1.807) is 11.9 Å². The van der Waals surface area contributed by atoms with Gasteiger partial charge in [0, 0.05) is 50.0 Å². The van der Waals surface area contributed by atoms with Gasteiger partial charge < -0.3 is 14.7 Å². The Morgan fingerprint density at radius 2 is 1.63 bits per heavy atom. The van der Waals surface area contributed by atoms with Gasteiger partial charge in [0.1, 0.15) is 5.56 Å². The number of carbonyl (C=O) groups is 1. The molecule has 0 aliphatic heterocycles. The number of alkyl halides is 2. The molecular weight excluding hydrogens is 544 g/mol. The minimum Gasteiger partial charge on any atom is -0.369 e. The van der Waals surface area contributed by atoms with Gasteiger partial charge in [-0.1, -0.05) is 38.8 Å². The number of sulfone groups is 1. The van der Waals surface area contributed by atoms with E-state index in [-0.39, 0.29) is 16.2 Å². The molecule has 0 aliphatic rings. The number of nitro benzene ring substituents is 1. The second kappa shape index (κ2) is 12.0. The van der Waals surface area contributed by atoms with Crippen molar-refractivity contribution in [1.29, 1.82) is 0 Å². The van der Waals surface area contributed by atoms with E-state index in [9.17, 15) is 23.3 Å². The summed E-state index contributed by atoms with van der Waals surface area (Å²) in [5.41, 5.74) is -0.337. The lowest BCUT2D eigenvalue weighted by Crippen LogP contribution is -2.34. The van der Waals surface area contributed by atoms with Gasteiger partial charge in [-0.2, -0.15) is 0 Å². The molecule has 0 heterocycles. The smallest absolute Gasteiger partial charge is 0.283 e. The molecule has 1 rings (SSSR count). The van der Waals surface area contributed by atoms with Crippen LogP contribution in [0.1, 0.15) is 17.3 Å². The van der Waals surface area contributed by atoms with Gasteiger partial charge in [0.05, 0.1) is 21.3 Å². The topological polar surface area (TPSA) is 104 Å². The average molecular weight is 572 g/mol. The van der Waals surface area contributed by atoms with Crippen LogP contribution in [0.4, 0.5) is 11.4 Å². The van der Waals surface area contributed by atoms with Crippen LogP contribution < -0.4 is 4.90 Å². The third kappa shape index (κ3) is 6.89. The number of anilines is 1. The SMILES string of the molecule is CCS(=O)(=O)c1cc([N+](=O)[O-])c(C(=O)N(C)CCN(C)C)cc1N(CCBr)CCBr. The van der Waals surface area contributed by atoms with Crippen LogP contribution in [0.25, 0.3) is 0 Å². The maximum absolute atomic E-state index is 13.0. The first-order chi connectivity index (χ1) is 14.0. The summed E-state index contributed by atoms with van der Waals surface area (Å²) < 4.78 is 25.5. The number of amides is 1. The highest BCUT2D eigenvalue weighted by molar-refractivity contribution is 9.09. The molecule has 0 unspecified atom stereocenters. The van der Waals surface area contributed by atoms with Crippen LogP contribution in [-0.2, 0) is 9.84 Å². The molecule has 12 heteroatoms. The molecule has 0 fully saturated rings. The van der Waals surface area contributed by atoms with Gasteiger partial charge in [-0.25, -0.2) is 8.42 Å². The number of nitro groups is 1. The number of rotatable bonds is 12. The van der Waals surface area contributed by atoms with Crippen molar-refractivity contribution in [2.45, 2.75) is 11.8 Å². The van der Waals surface area contributed by atoms with E-state index < -0.39 is 26.4 Å². The summed E-state index contributed by atoms with van der Waals surface area (Å²) in [5, 5.41) is 12.8. The molecule has 1 aromatic carbocycles. The minimum absolute atomic E-state index is 0.125. The predicted octanol–water partition coefficient (Wildman–Crippen LogP) is 2.62. The van der Waals surface area contributed by atoms with Crippen LogP contribution in [0, 0.1) is 10.1 Å². The molecule has 30 heavy (non-hydrogen) atoms. The molecule has 0 atom stereocenters. The summed E-state index contributed by atoms with van der Waals surface area (Å²) in [6.07, 6.45) is 0. The minimum atomic E-state index is -3.76. The first-order valence-electron chi connectivity index (χ1n) is 9.32. The molecule has 0 aliphatic carbocycles. The van der Waals surface area contributed by atoms with E-state index >= 15 is 0 Å². The van der Waals surface area contributed by atoms with Crippen LogP contribution in [0.3, 0.4) is 0 Å². The van der Waals surface area contributed by atoms with Crippen molar-refractivity contribution in [1.82, 2.24) is 9.80 Å². The molecule has 0 saturated carbocycles. The molecular formula is C18H28Br2N4O5S. The van der Waals surface area contributed by atoms with Crippen LogP contribution >= 0.6 is 31.9 Å². The molecule has 0 spiro atoms. The maximum Gasteiger partial charge on any atom is 0.283 e. The van der Waals surface area contributed by atoms with Crippen molar-refractivity contribution in [3.05, 3.63) is 27.8 Å². The molecule has 1 amide bonds. The van der Waals surface area contributed by atoms with Crippen molar-refractivity contribution in [3.8, 4) is 0 Å². The van der Waals surface area contributed by atoms with E-state index in [4.69, 9.17) is 0 Å². The predicted molar refractivity (Wildman–Crippen MR) is 126 cm³/mol. The van der Waals surface area contributed by atoms with Crippen LogP contribution in [0.15, 0.2) is 17.0 Å². The summed E-state index contributed by atoms with van der Waals surface area (Å²) in [4.78, 5) is 29.0. The quantitative estimate of drug-likeness (QED) is 0.216. The van der Waals surface area contributed by atoms with Crippen LogP contribution in [-0.4, -0.2) is 92.8 Å². The monoisotopic (exact) mass is 570 g/mol. The molecule has 0 bridgehead atoms. The van der Waals surface area contributed by atoms with Gasteiger partial charge in [0.25, 0.3) is 11.6 Å². The number of halogens is 2. The summed E-state index contributed by atoms with van der Waals surface area (Å²) in [6, 6.07) is 2.37. The Hall–Kier alpha value is -1.24. The molecule has 1 aromatic rings. The second-order valence-electron chi connectivity index (χ2n) is 6.89. The summed E-state index contributed by atoms with van der Waals surface area (Å²) in [7, 11) is 1.54. The van der Waals surface area contributed by atoms with Gasteiger partial charge >= 0.3 is 0 Å². The highest BCUT2D eigenvalue weighted by Gasteiger charge is 2.31. The molecule has 0 radical (unpaired) electrons. The fraction of sp³-hybridized carbons (Fsp3) is 0.611. The Kier molecular flexibility index (Phi) is 10.7. The summed E-state index contributed by atoms with van der Waals surface area (Å²) in [6.45, 7) is 3.39. The number of benzene rings is 1. The van der Waals surface area contributed by atoms with Gasteiger partial charge in [0.15, 0.2) is 9.84 Å². The van der Waals surface area contributed by atoms with Crippen molar-refractivity contribution in [2.75, 3.05) is 68.6 Å². The zero-order chi connectivity index (χ0) is 23.1. The highest BCUT2D eigenvalue weighted by Crippen LogP contribution is 2.34. The van der Waals surface area contributed by atoms with E-state index in [0.29, 0.717) is 42.5 Å². The lowest BCUT2D eigenvalue weighted by Gasteiger charge is -2.27. The van der Waals surface area contributed by atoms with Gasteiger partial charge in [0.2, 0.25) is 0 Å². The third-order valence-electron chi connectivity index (χ3n) is 4.50. The fourth-order valence-electron chi connectivity index (χ4n) is 2.75. The third-order valence-corrected chi connectivity index (χ3v) is 6.96. The van der Waals surface area contributed by atoms with Crippen LogP contribution in [0.2, 0.25) is 0 Å². The lowest BCUT2D eigenvalue weighted by molar-refractivity contribution is -0.385. The first kappa shape index (κ1) is 26.8. The number of nitrogens with zero attached hydrogens (tertiary/aromatic N) is 4. The van der Waals surface area contributed by atoms with Gasteiger partial charge in [-0.05, 0) is 20.2 Å². The maximum atomic E-state index is 13.0. The number of likely N-dealkylation sites (N-methyl/N-ethyl adjacent to an activating group) is 2. The molecule has 0 saturated heterocycles. The fourth-order valence-corrected chi connectivity index (χ4v) is 4.71. The Morgan fingerprint density at radius 3 is 2.07 bits per heavy atom. The zero-order valence-electron chi connectivity index (χ0n) is 17.6. The molecule has 170 valence electrons. The zero-order valence-corrected chi connectivity index (χ0v) is 21.6. The van der Waals surface area contributed by atoms with Crippen molar-refractivity contribution in [2.24, 2.45) is 0 Å². The van der Waals surface area contributed by atoms with Crippen molar-refractivity contribution < 1.29 is 18.1 Å². The largest absolute Gasteiger partial charge is 0.369 e. The average Bonchev–Trinajstić information content (AvgIpc) is 2.70. The highest BCUT2D eigenvalue weighted by atomic mass is 79.9. The van der Waals surface area contributed by atoms with E-state index in [1.165, 1.54) is 17.9 Å². The number of hydrogen-bond donors (Lipinski definition) is 0. The van der Waals surface area contributed by atoms with Gasteiger partial charge in [-0.15, -0.1) is 0 Å². The van der Waals surface area contributed by atoms with Crippen LogP contribution in [0.5, 0.6) is 0 Å². The summed E-state index contributed by atoms with van der Waals surface area (Å²) in [5.74, 6) is -0.730. The standard InChI is InChI=1S/C18H28Br2N4O5S/c1-5-30(28,29)17-13-15(24(26)27)14(18(25)22(4)11-10-21(2)3)12-16(17)23(8-6-19)9-7-20/h12-13H,5-11H2,1-4H3. The lowest BCUT2D eigenvalue weighted by atomic mass is 10.1. The molecule has 9 nitrogen and oxygen atoms in total. The molecule has 0 N–H and O–H groups in total. The van der Waals surface area contributed by atoms with E-state index in [2.05, 4.69) is 31.9 Å². The van der Waals surface area contributed by atoms with E-state index in [0.717, 1.165) is 6.07 Å². The second-order valence-corrected chi connectivity index (χ2v) is 10.7. The van der Waals surface area contributed by atoms with Crippen molar-refractivity contribution in [3.63, 3.8) is 0 Å².